The Bertz CT molecular complexity index is 392. The van der Waals surface area contributed by atoms with Gasteiger partial charge in [-0.05, 0) is 24.1 Å². The Labute approximate surface area is 125 Å². The molecule has 1 atom stereocenters. The van der Waals surface area contributed by atoms with Gasteiger partial charge in [0.05, 0.1) is 6.23 Å². The van der Waals surface area contributed by atoms with Gasteiger partial charge in [-0.2, -0.15) is 0 Å². The molecule has 2 nitrogen and oxygen atoms in total. The van der Waals surface area contributed by atoms with E-state index in [0.29, 0.717) is 5.92 Å². The van der Waals surface area contributed by atoms with Gasteiger partial charge in [0.15, 0.2) is 0 Å². The van der Waals surface area contributed by atoms with Crippen LogP contribution >= 0.6 is 0 Å². The van der Waals surface area contributed by atoms with Crippen LogP contribution in [0.25, 0.3) is 6.08 Å². The summed E-state index contributed by atoms with van der Waals surface area (Å²) < 4.78 is 11.7. The monoisotopic (exact) mass is 291 g/mol. The van der Waals surface area contributed by atoms with Gasteiger partial charge in [0.2, 0.25) is 9.04 Å². The number of ether oxygens (including phenoxy) is 1. The molecule has 1 unspecified atom stereocenters. The summed E-state index contributed by atoms with van der Waals surface area (Å²) in [5.74, 6) is 0.391. The van der Waals surface area contributed by atoms with Crippen LogP contribution < -0.4 is 0 Å². The second-order valence-corrected chi connectivity index (χ2v) is 7.13. The van der Waals surface area contributed by atoms with E-state index in [1.807, 2.05) is 13.0 Å². The summed E-state index contributed by atoms with van der Waals surface area (Å²) in [6, 6.07) is 9.56. The molecule has 0 heterocycles. The van der Waals surface area contributed by atoms with Crippen LogP contribution in [0.4, 0.5) is 0 Å². The minimum atomic E-state index is -0.828. The smallest absolute Gasteiger partial charge is 0.238 e. The molecule has 0 aromatic heterocycles. The minimum Gasteiger partial charge on any atom is -0.414 e. The van der Waals surface area contributed by atoms with Crippen LogP contribution in [-0.2, 0) is 9.16 Å². The van der Waals surface area contributed by atoms with E-state index in [2.05, 4.69) is 44.7 Å². The normalized spacial score (nSPS) is 12.6. The number of benzene rings is 1. The molecule has 0 saturated heterocycles. The number of hydrogen-bond donors (Lipinski definition) is 0. The molecule has 1 rings (SSSR count). The highest BCUT2D eigenvalue weighted by Crippen LogP contribution is 2.21. The van der Waals surface area contributed by atoms with Crippen molar-refractivity contribution in [1.29, 1.82) is 0 Å². The van der Waals surface area contributed by atoms with Crippen molar-refractivity contribution < 1.29 is 9.16 Å². The third-order valence-corrected chi connectivity index (χ3v) is 5.44. The lowest BCUT2D eigenvalue weighted by atomic mass is 9.96. The van der Waals surface area contributed by atoms with Crippen molar-refractivity contribution in [2.75, 3.05) is 19.4 Å². The van der Waals surface area contributed by atoms with Gasteiger partial charge in [-0.15, -0.1) is 0 Å². The third kappa shape index (κ3) is 5.61. The first kappa shape index (κ1) is 17.1. The zero-order valence-corrected chi connectivity index (χ0v) is 14.0. The lowest BCUT2D eigenvalue weighted by molar-refractivity contribution is 0.169. The molecule has 0 aliphatic carbocycles. The third-order valence-electron chi connectivity index (χ3n) is 3.28. The second kappa shape index (κ2) is 9.92. The van der Waals surface area contributed by atoms with Crippen molar-refractivity contribution in [2.24, 2.45) is 0 Å². The maximum absolute atomic E-state index is 6.14. The van der Waals surface area contributed by atoms with Crippen LogP contribution in [0.1, 0.15) is 44.2 Å². The first-order valence-corrected chi connectivity index (χ1v) is 9.31. The fraction of sp³-hybridized carbons (Fsp3) is 0.529. The molecule has 1 aromatic rings. The van der Waals surface area contributed by atoms with Crippen molar-refractivity contribution in [3.05, 3.63) is 42.0 Å². The molecule has 0 saturated carbocycles. The fourth-order valence-electron chi connectivity index (χ4n) is 2.16. The molecular weight excluding hydrogens is 264 g/mol. The van der Waals surface area contributed by atoms with Crippen molar-refractivity contribution in [3.8, 4) is 0 Å². The maximum atomic E-state index is 6.14. The molecule has 0 fully saturated rings. The Balaban J connectivity index is 2.55. The van der Waals surface area contributed by atoms with Crippen LogP contribution in [-0.4, -0.2) is 28.5 Å². The van der Waals surface area contributed by atoms with Crippen LogP contribution in [0.3, 0.4) is 0 Å². The number of rotatable bonds is 10. The Morgan fingerprint density at radius 1 is 1.30 bits per heavy atom. The van der Waals surface area contributed by atoms with Gasteiger partial charge >= 0.3 is 0 Å². The summed E-state index contributed by atoms with van der Waals surface area (Å²) in [7, 11) is -0.828. The molecule has 0 N–H and O–H groups in total. The highest BCUT2D eigenvalue weighted by molar-refractivity contribution is 6.51. The summed E-state index contributed by atoms with van der Waals surface area (Å²) in [4.78, 5) is 0. The van der Waals surface area contributed by atoms with Crippen molar-refractivity contribution in [3.63, 3.8) is 0 Å². The Morgan fingerprint density at radius 2 is 2.05 bits per heavy atom. The fourth-order valence-corrected chi connectivity index (χ4v) is 4.01. The first-order valence-electron chi connectivity index (χ1n) is 7.49. The molecule has 20 heavy (non-hydrogen) atoms. The van der Waals surface area contributed by atoms with Gasteiger partial charge in [0, 0.05) is 19.1 Å². The average molecular weight is 291 g/mol. The zero-order valence-electron chi connectivity index (χ0n) is 13.0. The van der Waals surface area contributed by atoms with Crippen LogP contribution in [0.2, 0.25) is 6.04 Å². The predicted molar refractivity (Wildman–Crippen MR) is 88.2 cm³/mol. The van der Waals surface area contributed by atoms with E-state index in [0.717, 1.165) is 25.5 Å². The average Bonchev–Trinajstić information content (AvgIpc) is 2.49. The van der Waals surface area contributed by atoms with Crippen LogP contribution in [0.5, 0.6) is 0 Å². The van der Waals surface area contributed by atoms with E-state index in [1.54, 1.807) is 0 Å². The Kier molecular flexibility index (Phi) is 8.50. The van der Waals surface area contributed by atoms with Gasteiger partial charge in [-0.3, -0.25) is 0 Å². The molecule has 0 aliphatic heterocycles. The molecule has 111 valence electrons. The van der Waals surface area contributed by atoms with Crippen molar-refractivity contribution >= 4 is 15.1 Å². The maximum Gasteiger partial charge on any atom is 0.238 e. The lowest BCUT2D eigenvalue weighted by Gasteiger charge is -2.19. The van der Waals surface area contributed by atoms with E-state index < -0.39 is 9.04 Å². The van der Waals surface area contributed by atoms with Crippen LogP contribution in [0.15, 0.2) is 30.8 Å². The predicted octanol–water partition coefficient (Wildman–Crippen LogP) is 4.43. The Morgan fingerprint density at radius 3 is 2.70 bits per heavy atom. The molecule has 0 aliphatic rings. The van der Waals surface area contributed by atoms with Gasteiger partial charge < -0.3 is 9.16 Å². The largest absolute Gasteiger partial charge is 0.414 e. The van der Waals surface area contributed by atoms with E-state index in [9.17, 15) is 0 Å². The van der Waals surface area contributed by atoms with E-state index >= 15 is 0 Å². The van der Waals surface area contributed by atoms with Crippen molar-refractivity contribution in [2.45, 2.75) is 39.2 Å². The molecule has 3 heteroatoms. The quantitative estimate of drug-likeness (QED) is 0.594. The summed E-state index contributed by atoms with van der Waals surface area (Å²) in [6.07, 6.45) is 3.88. The van der Waals surface area contributed by atoms with Gasteiger partial charge in [0.25, 0.3) is 0 Å². The Hall–Kier alpha value is -0.903. The van der Waals surface area contributed by atoms with Gasteiger partial charge in [0.1, 0.15) is 0 Å². The molecule has 1 aromatic carbocycles. The van der Waals surface area contributed by atoms with E-state index in [4.69, 9.17) is 9.16 Å². The van der Waals surface area contributed by atoms with Gasteiger partial charge in [-0.1, -0.05) is 57.2 Å². The van der Waals surface area contributed by atoms with Crippen molar-refractivity contribution in [1.82, 2.24) is 0 Å². The van der Waals surface area contributed by atoms with E-state index in [-0.39, 0.29) is 0 Å². The van der Waals surface area contributed by atoms with Gasteiger partial charge in [-0.25, -0.2) is 0 Å². The topological polar surface area (TPSA) is 18.5 Å². The molecule has 0 bridgehead atoms. The summed E-state index contributed by atoms with van der Waals surface area (Å²) >= 11 is 0. The summed E-state index contributed by atoms with van der Waals surface area (Å²) in [5.41, 5.74) is 2.52. The zero-order chi connectivity index (χ0) is 14.8. The SMILES string of the molecule is C=Cc1ccccc1C(C)CO[Si](CCC)COCC. The molecule has 1 radical (unpaired) electrons. The molecule has 0 spiro atoms. The number of hydrogen-bond acceptors (Lipinski definition) is 2. The highest BCUT2D eigenvalue weighted by atomic mass is 28.3. The highest BCUT2D eigenvalue weighted by Gasteiger charge is 2.16. The van der Waals surface area contributed by atoms with E-state index in [1.165, 1.54) is 17.5 Å². The lowest BCUT2D eigenvalue weighted by Crippen LogP contribution is -2.27. The molecular formula is C17H27O2Si. The summed E-state index contributed by atoms with van der Waals surface area (Å²) in [5, 5.41) is 0. The summed E-state index contributed by atoms with van der Waals surface area (Å²) in [6.45, 7) is 11.9. The standard InChI is InChI=1S/C17H27O2Si/c1-5-12-20(14-18-7-3)19-13-15(4)17-11-9-8-10-16(17)6-2/h6,8-11,15H,2,5,7,12-14H2,1,3-4H3. The second-order valence-electron chi connectivity index (χ2n) is 4.97. The minimum absolute atomic E-state index is 0.391. The molecule has 0 amide bonds. The first-order chi connectivity index (χ1) is 9.72. The van der Waals surface area contributed by atoms with Crippen LogP contribution in [0, 0.1) is 0 Å².